The van der Waals surface area contributed by atoms with E-state index in [1.165, 1.54) is 6.08 Å². The standard InChI is InChI=1S/C19H16N2O2/c22-18(11-6-13-4-2-1-3-5-13)20-15-9-10-17-16(12-15)21-19(23-17)14-7-8-14/h1-6,9-12,14H,7-8H2,(H,20,22)/b11-6+. The van der Waals surface area contributed by atoms with Crippen LogP contribution < -0.4 is 5.32 Å². The van der Waals surface area contributed by atoms with Crippen molar-refractivity contribution in [1.29, 1.82) is 0 Å². The Morgan fingerprint density at radius 2 is 2.00 bits per heavy atom. The van der Waals surface area contributed by atoms with Crippen LogP contribution in [0, 0.1) is 0 Å². The number of nitrogens with one attached hydrogen (secondary N) is 1. The Morgan fingerprint density at radius 3 is 2.78 bits per heavy atom. The number of nitrogens with zero attached hydrogens (tertiary/aromatic N) is 1. The van der Waals surface area contributed by atoms with Crippen LogP contribution in [0.3, 0.4) is 0 Å². The molecule has 0 aliphatic heterocycles. The highest BCUT2D eigenvalue weighted by Crippen LogP contribution is 2.40. The van der Waals surface area contributed by atoms with Crippen LogP contribution in [-0.2, 0) is 4.79 Å². The third kappa shape index (κ3) is 3.16. The molecular formula is C19H16N2O2. The normalized spacial score (nSPS) is 14.4. The van der Waals surface area contributed by atoms with Gasteiger partial charge in [0.05, 0.1) is 0 Å². The summed E-state index contributed by atoms with van der Waals surface area (Å²) in [6, 6.07) is 15.2. The molecule has 1 fully saturated rings. The van der Waals surface area contributed by atoms with E-state index in [4.69, 9.17) is 4.42 Å². The van der Waals surface area contributed by atoms with Gasteiger partial charge in [-0.2, -0.15) is 0 Å². The fraction of sp³-hybridized carbons (Fsp3) is 0.158. The van der Waals surface area contributed by atoms with E-state index in [-0.39, 0.29) is 5.91 Å². The van der Waals surface area contributed by atoms with Gasteiger partial charge in [0.15, 0.2) is 11.5 Å². The fourth-order valence-corrected chi connectivity index (χ4v) is 2.45. The van der Waals surface area contributed by atoms with Crippen LogP contribution in [0.25, 0.3) is 17.2 Å². The number of hydrogen-bond acceptors (Lipinski definition) is 3. The zero-order chi connectivity index (χ0) is 15.6. The molecule has 0 atom stereocenters. The van der Waals surface area contributed by atoms with Crippen molar-refractivity contribution in [3.8, 4) is 0 Å². The summed E-state index contributed by atoms with van der Waals surface area (Å²) in [5.41, 5.74) is 3.26. The van der Waals surface area contributed by atoms with Gasteiger partial charge in [-0.05, 0) is 42.7 Å². The molecule has 0 bridgehead atoms. The van der Waals surface area contributed by atoms with E-state index in [1.807, 2.05) is 48.5 Å². The monoisotopic (exact) mass is 304 g/mol. The van der Waals surface area contributed by atoms with Crippen LogP contribution in [0.2, 0.25) is 0 Å². The van der Waals surface area contributed by atoms with E-state index >= 15 is 0 Å². The molecule has 0 spiro atoms. The first-order chi connectivity index (χ1) is 11.3. The molecule has 4 rings (SSSR count). The summed E-state index contributed by atoms with van der Waals surface area (Å²) in [5, 5.41) is 2.85. The summed E-state index contributed by atoms with van der Waals surface area (Å²) in [6.45, 7) is 0. The van der Waals surface area contributed by atoms with Crippen LogP contribution in [0.15, 0.2) is 59.0 Å². The Morgan fingerprint density at radius 1 is 1.17 bits per heavy atom. The molecular weight excluding hydrogens is 288 g/mol. The van der Waals surface area contributed by atoms with Crippen molar-refractivity contribution in [3.63, 3.8) is 0 Å². The molecule has 4 nitrogen and oxygen atoms in total. The van der Waals surface area contributed by atoms with Crippen molar-refractivity contribution in [1.82, 2.24) is 4.98 Å². The lowest BCUT2D eigenvalue weighted by Gasteiger charge is -2.01. The second-order valence-electron chi connectivity index (χ2n) is 5.74. The topological polar surface area (TPSA) is 55.1 Å². The summed E-state index contributed by atoms with van der Waals surface area (Å²) in [4.78, 5) is 16.5. The van der Waals surface area contributed by atoms with Crippen molar-refractivity contribution >= 4 is 28.8 Å². The van der Waals surface area contributed by atoms with E-state index in [0.717, 1.165) is 41.1 Å². The molecule has 0 radical (unpaired) electrons. The van der Waals surface area contributed by atoms with Gasteiger partial charge in [0.25, 0.3) is 0 Å². The second kappa shape index (κ2) is 5.72. The van der Waals surface area contributed by atoms with Crippen LogP contribution >= 0.6 is 0 Å². The second-order valence-corrected chi connectivity index (χ2v) is 5.74. The number of anilines is 1. The largest absolute Gasteiger partial charge is 0.440 e. The minimum Gasteiger partial charge on any atom is -0.440 e. The van der Waals surface area contributed by atoms with Crippen LogP contribution in [0.4, 0.5) is 5.69 Å². The highest BCUT2D eigenvalue weighted by Gasteiger charge is 2.28. The van der Waals surface area contributed by atoms with Crippen molar-refractivity contribution in [2.75, 3.05) is 5.32 Å². The highest BCUT2D eigenvalue weighted by atomic mass is 16.3. The predicted molar refractivity (Wildman–Crippen MR) is 90.1 cm³/mol. The van der Waals surface area contributed by atoms with Gasteiger partial charge >= 0.3 is 0 Å². The molecule has 114 valence electrons. The van der Waals surface area contributed by atoms with Gasteiger partial charge in [-0.1, -0.05) is 30.3 Å². The molecule has 1 N–H and O–H groups in total. The van der Waals surface area contributed by atoms with Gasteiger partial charge in [-0.25, -0.2) is 4.98 Å². The lowest BCUT2D eigenvalue weighted by molar-refractivity contribution is -0.111. The summed E-state index contributed by atoms with van der Waals surface area (Å²) in [6.07, 6.45) is 5.62. The molecule has 1 amide bonds. The average Bonchev–Trinajstić information content (AvgIpc) is 3.34. The van der Waals surface area contributed by atoms with E-state index in [2.05, 4.69) is 10.3 Å². The minimum absolute atomic E-state index is 0.167. The van der Waals surface area contributed by atoms with Gasteiger partial charge in [0, 0.05) is 17.7 Å². The number of benzene rings is 2. The summed E-state index contributed by atoms with van der Waals surface area (Å²) in [7, 11) is 0. The first kappa shape index (κ1) is 13.8. The zero-order valence-electron chi connectivity index (χ0n) is 12.5. The Balaban J connectivity index is 1.48. The van der Waals surface area contributed by atoms with Gasteiger partial charge < -0.3 is 9.73 Å². The maximum atomic E-state index is 12.0. The number of hydrogen-bond donors (Lipinski definition) is 1. The first-order valence-electron chi connectivity index (χ1n) is 7.72. The van der Waals surface area contributed by atoms with Crippen molar-refractivity contribution in [3.05, 3.63) is 66.1 Å². The Labute approximate surface area is 133 Å². The number of amides is 1. The molecule has 23 heavy (non-hydrogen) atoms. The summed E-state index contributed by atoms with van der Waals surface area (Å²) < 4.78 is 5.72. The number of fused-ring (bicyclic) bond motifs is 1. The quantitative estimate of drug-likeness (QED) is 0.729. The van der Waals surface area contributed by atoms with Gasteiger partial charge in [0.1, 0.15) is 5.52 Å². The zero-order valence-corrected chi connectivity index (χ0v) is 12.5. The first-order valence-corrected chi connectivity index (χ1v) is 7.72. The molecule has 1 saturated carbocycles. The molecule has 0 unspecified atom stereocenters. The SMILES string of the molecule is O=C(/C=C/c1ccccc1)Nc1ccc2oc(C3CC3)nc2c1. The lowest BCUT2D eigenvalue weighted by Crippen LogP contribution is -2.07. The lowest BCUT2D eigenvalue weighted by atomic mass is 10.2. The van der Waals surface area contributed by atoms with E-state index < -0.39 is 0 Å². The molecule has 1 aromatic heterocycles. The number of aromatic nitrogens is 1. The van der Waals surface area contributed by atoms with E-state index in [1.54, 1.807) is 6.08 Å². The minimum atomic E-state index is -0.167. The maximum absolute atomic E-state index is 12.0. The van der Waals surface area contributed by atoms with Crippen LogP contribution in [-0.4, -0.2) is 10.9 Å². The van der Waals surface area contributed by atoms with Crippen LogP contribution in [0.1, 0.15) is 30.2 Å². The molecule has 1 heterocycles. The van der Waals surface area contributed by atoms with Crippen molar-refractivity contribution < 1.29 is 9.21 Å². The van der Waals surface area contributed by atoms with Crippen LogP contribution in [0.5, 0.6) is 0 Å². The number of carbonyl (C=O) groups excluding carboxylic acids is 1. The third-order valence-electron chi connectivity index (χ3n) is 3.82. The average molecular weight is 304 g/mol. The molecule has 0 saturated heterocycles. The van der Waals surface area contributed by atoms with Crippen molar-refractivity contribution in [2.45, 2.75) is 18.8 Å². The molecule has 2 aromatic carbocycles. The van der Waals surface area contributed by atoms with Gasteiger partial charge in [-0.3, -0.25) is 4.79 Å². The number of oxazole rings is 1. The fourth-order valence-electron chi connectivity index (χ4n) is 2.45. The molecule has 1 aliphatic carbocycles. The smallest absolute Gasteiger partial charge is 0.248 e. The summed E-state index contributed by atoms with van der Waals surface area (Å²) in [5.74, 6) is 1.13. The maximum Gasteiger partial charge on any atom is 0.248 e. The molecule has 3 aromatic rings. The van der Waals surface area contributed by atoms with Crippen molar-refractivity contribution in [2.24, 2.45) is 0 Å². The van der Waals surface area contributed by atoms with Gasteiger partial charge in [-0.15, -0.1) is 0 Å². The molecule has 4 heteroatoms. The highest BCUT2D eigenvalue weighted by molar-refractivity contribution is 6.02. The molecule has 1 aliphatic rings. The number of carbonyl (C=O) groups is 1. The van der Waals surface area contributed by atoms with Gasteiger partial charge in [0.2, 0.25) is 5.91 Å². The Hall–Kier alpha value is -2.88. The van der Waals surface area contributed by atoms with E-state index in [0.29, 0.717) is 5.92 Å². The Kier molecular flexibility index (Phi) is 3.42. The number of rotatable bonds is 4. The predicted octanol–water partition coefficient (Wildman–Crippen LogP) is 4.36. The summed E-state index contributed by atoms with van der Waals surface area (Å²) >= 11 is 0. The Bertz CT molecular complexity index is 877. The van der Waals surface area contributed by atoms with E-state index in [9.17, 15) is 4.79 Å². The third-order valence-corrected chi connectivity index (χ3v) is 3.82.